The molecule has 1 aliphatic carbocycles. The van der Waals surface area contributed by atoms with Crippen LogP contribution < -0.4 is 5.73 Å². The number of aryl methyl sites for hydroxylation is 1. The van der Waals surface area contributed by atoms with E-state index in [1.807, 2.05) is 11.8 Å². The Morgan fingerprint density at radius 2 is 2.00 bits per heavy atom. The van der Waals surface area contributed by atoms with Crippen LogP contribution in [0.1, 0.15) is 43.0 Å². The average Bonchev–Trinajstić information content (AvgIpc) is 2.72. The van der Waals surface area contributed by atoms with Crippen LogP contribution in [0.2, 0.25) is 0 Å². The summed E-state index contributed by atoms with van der Waals surface area (Å²) in [6.07, 6.45) is 8.99. The molecule has 2 heterocycles. The van der Waals surface area contributed by atoms with Crippen molar-refractivity contribution in [2.24, 2.45) is 0 Å². The molecule has 2 atom stereocenters. The van der Waals surface area contributed by atoms with Crippen molar-refractivity contribution in [3.05, 3.63) is 17.6 Å². The van der Waals surface area contributed by atoms with Crippen LogP contribution in [0.4, 0.5) is 5.82 Å². The second-order valence-electron chi connectivity index (χ2n) is 5.66. The van der Waals surface area contributed by atoms with Gasteiger partial charge in [-0.15, -0.1) is 0 Å². The van der Waals surface area contributed by atoms with Gasteiger partial charge in [0.25, 0.3) is 0 Å². The minimum absolute atomic E-state index is 0.532. The van der Waals surface area contributed by atoms with Crippen molar-refractivity contribution < 1.29 is 0 Å². The average molecular weight is 290 g/mol. The molecule has 2 N–H and O–H groups in total. The molecule has 0 radical (unpaired) electrons. The lowest BCUT2D eigenvalue weighted by Gasteiger charge is -2.32. The molecule has 2 unspecified atom stereocenters. The van der Waals surface area contributed by atoms with Crippen molar-refractivity contribution in [1.29, 1.82) is 0 Å². The smallest absolute Gasteiger partial charge is 0.146 e. The van der Waals surface area contributed by atoms with Gasteiger partial charge in [-0.05, 0) is 38.5 Å². The van der Waals surface area contributed by atoms with Crippen LogP contribution in [0.3, 0.4) is 0 Å². The molecule has 108 valence electrons. The molecule has 5 heteroatoms. The quantitative estimate of drug-likeness (QED) is 0.920. The molecule has 0 amide bonds. The highest BCUT2D eigenvalue weighted by Gasteiger charge is 2.29. The molecule has 0 saturated heterocycles. The lowest BCUT2D eigenvalue weighted by atomic mass is 9.94. The second-order valence-corrected chi connectivity index (χ2v) is 6.74. The summed E-state index contributed by atoms with van der Waals surface area (Å²) < 4.78 is 2.42. The molecule has 4 nitrogen and oxygen atoms in total. The molecule has 1 fully saturated rings. The summed E-state index contributed by atoms with van der Waals surface area (Å²) >= 11 is 1.98. The largest absolute Gasteiger partial charge is 0.383 e. The van der Waals surface area contributed by atoms with Gasteiger partial charge in [0.05, 0.1) is 5.39 Å². The van der Waals surface area contributed by atoms with Gasteiger partial charge in [0.1, 0.15) is 17.8 Å². The standard InChI is InChI=1S/C15H22N4S/c1-9-10(2)19(11-6-4-5-7-12(11)20-3)15-13(9)14(16)17-8-18-15/h8,11-12H,4-7H2,1-3H3,(H2,16,17,18). The van der Waals surface area contributed by atoms with E-state index in [4.69, 9.17) is 5.73 Å². The van der Waals surface area contributed by atoms with E-state index < -0.39 is 0 Å². The van der Waals surface area contributed by atoms with Crippen molar-refractivity contribution in [1.82, 2.24) is 14.5 Å². The van der Waals surface area contributed by atoms with Gasteiger partial charge in [0.2, 0.25) is 0 Å². The first-order valence-corrected chi connectivity index (χ1v) is 8.54. The zero-order valence-corrected chi connectivity index (χ0v) is 13.2. The Bertz CT molecular complexity index is 634. The van der Waals surface area contributed by atoms with Crippen molar-refractivity contribution in [3.63, 3.8) is 0 Å². The van der Waals surface area contributed by atoms with Gasteiger partial charge in [-0.3, -0.25) is 0 Å². The maximum Gasteiger partial charge on any atom is 0.146 e. The normalized spacial score (nSPS) is 23.4. The van der Waals surface area contributed by atoms with E-state index in [1.54, 1.807) is 6.33 Å². The summed E-state index contributed by atoms with van der Waals surface area (Å²) in [5.41, 5.74) is 9.59. The number of nitrogens with zero attached hydrogens (tertiary/aromatic N) is 3. The SMILES string of the molecule is CSC1CCCCC1n1c(C)c(C)c2c(N)ncnc21. The van der Waals surface area contributed by atoms with E-state index in [1.165, 1.54) is 36.9 Å². The molecule has 0 aromatic carbocycles. The van der Waals surface area contributed by atoms with Crippen molar-refractivity contribution in [2.45, 2.75) is 50.8 Å². The fourth-order valence-corrected chi connectivity index (χ4v) is 4.48. The molecule has 3 rings (SSSR count). The summed E-state index contributed by atoms with van der Waals surface area (Å²) in [6, 6.07) is 0.532. The van der Waals surface area contributed by atoms with Crippen LogP contribution in [0.25, 0.3) is 11.0 Å². The molecular weight excluding hydrogens is 268 g/mol. The fraction of sp³-hybridized carbons (Fsp3) is 0.600. The van der Waals surface area contributed by atoms with Crippen LogP contribution in [0.15, 0.2) is 6.33 Å². The minimum Gasteiger partial charge on any atom is -0.383 e. The highest BCUT2D eigenvalue weighted by atomic mass is 32.2. The number of nitrogen functional groups attached to an aromatic ring is 1. The molecule has 0 aliphatic heterocycles. The van der Waals surface area contributed by atoms with Gasteiger partial charge >= 0.3 is 0 Å². The lowest BCUT2D eigenvalue weighted by Crippen LogP contribution is -2.26. The van der Waals surface area contributed by atoms with E-state index in [0.29, 0.717) is 17.1 Å². The third-order valence-corrected chi connectivity index (χ3v) is 5.82. The molecular formula is C15H22N4S. The molecule has 0 bridgehead atoms. The van der Waals surface area contributed by atoms with Gasteiger partial charge in [-0.25, -0.2) is 9.97 Å². The highest BCUT2D eigenvalue weighted by molar-refractivity contribution is 7.99. The number of rotatable bonds is 2. The third kappa shape index (κ3) is 1.99. The number of aromatic nitrogens is 3. The Balaban J connectivity index is 2.20. The summed E-state index contributed by atoms with van der Waals surface area (Å²) in [7, 11) is 0. The van der Waals surface area contributed by atoms with Gasteiger partial charge in [-0.2, -0.15) is 11.8 Å². The van der Waals surface area contributed by atoms with Crippen LogP contribution >= 0.6 is 11.8 Å². The lowest BCUT2D eigenvalue weighted by molar-refractivity contribution is 0.367. The summed E-state index contributed by atoms with van der Waals surface area (Å²) in [5, 5.41) is 1.71. The Morgan fingerprint density at radius 3 is 2.75 bits per heavy atom. The monoisotopic (exact) mass is 290 g/mol. The third-order valence-electron chi connectivity index (χ3n) is 4.67. The number of hydrogen-bond donors (Lipinski definition) is 1. The van der Waals surface area contributed by atoms with Gasteiger partial charge in [-0.1, -0.05) is 12.8 Å². The summed E-state index contributed by atoms with van der Waals surface area (Å²) in [4.78, 5) is 8.69. The first-order chi connectivity index (χ1) is 9.65. The maximum atomic E-state index is 6.07. The zero-order valence-electron chi connectivity index (χ0n) is 12.4. The molecule has 1 saturated carbocycles. The first kappa shape index (κ1) is 13.7. The van der Waals surface area contributed by atoms with Crippen LogP contribution in [-0.4, -0.2) is 26.0 Å². The van der Waals surface area contributed by atoms with Crippen LogP contribution in [-0.2, 0) is 0 Å². The van der Waals surface area contributed by atoms with Crippen LogP contribution in [0.5, 0.6) is 0 Å². The van der Waals surface area contributed by atoms with E-state index in [2.05, 4.69) is 34.6 Å². The van der Waals surface area contributed by atoms with Gasteiger partial charge in [0.15, 0.2) is 0 Å². The molecule has 0 spiro atoms. The number of nitrogens with two attached hydrogens (primary N) is 1. The zero-order chi connectivity index (χ0) is 14.3. The molecule has 2 aromatic rings. The number of anilines is 1. The van der Waals surface area contributed by atoms with Crippen molar-refractivity contribution in [2.75, 3.05) is 12.0 Å². The Morgan fingerprint density at radius 1 is 1.25 bits per heavy atom. The van der Waals surface area contributed by atoms with E-state index in [0.717, 1.165) is 11.0 Å². The predicted molar refractivity (Wildman–Crippen MR) is 86.2 cm³/mol. The number of fused-ring (bicyclic) bond motifs is 1. The highest BCUT2D eigenvalue weighted by Crippen LogP contribution is 2.40. The number of thioether (sulfide) groups is 1. The molecule has 20 heavy (non-hydrogen) atoms. The fourth-order valence-electron chi connectivity index (χ4n) is 3.51. The first-order valence-electron chi connectivity index (χ1n) is 7.25. The summed E-state index contributed by atoms with van der Waals surface area (Å²) in [6.45, 7) is 4.31. The van der Waals surface area contributed by atoms with E-state index in [-0.39, 0.29) is 0 Å². The van der Waals surface area contributed by atoms with Crippen LogP contribution in [0, 0.1) is 13.8 Å². The van der Waals surface area contributed by atoms with Crippen molar-refractivity contribution in [3.8, 4) is 0 Å². The van der Waals surface area contributed by atoms with Gasteiger partial charge < -0.3 is 10.3 Å². The summed E-state index contributed by atoms with van der Waals surface area (Å²) in [5.74, 6) is 0.603. The maximum absolute atomic E-state index is 6.07. The predicted octanol–water partition coefficient (Wildman–Crippen LogP) is 3.48. The Labute approximate surface area is 124 Å². The van der Waals surface area contributed by atoms with E-state index in [9.17, 15) is 0 Å². The topological polar surface area (TPSA) is 56.7 Å². The minimum atomic E-state index is 0.532. The second kappa shape index (κ2) is 5.28. The molecule has 1 aliphatic rings. The Kier molecular flexibility index (Phi) is 3.63. The Hall–Kier alpha value is -1.23. The number of hydrogen-bond acceptors (Lipinski definition) is 4. The molecule has 2 aromatic heterocycles. The van der Waals surface area contributed by atoms with E-state index >= 15 is 0 Å². The van der Waals surface area contributed by atoms with Gasteiger partial charge in [0, 0.05) is 17.0 Å². The van der Waals surface area contributed by atoms with Crippen molar-refractivity contribution >= 4 is 28.6 Å².